The van der Waals surface area contributed by atoms with Crippen molar-refractivity contribution in [1.82, 2.24) is 4.57 Å². The molecule has 1 aliphatic heterocycles. The van der Waals surface area contributed by atoms with Crippen molar-refractivity contribution >= 4 is 0 Å². The van der Waals surface area contributed by atoms with E-state index in [4.69, 9.17) is 0 Å². The monoisotopic (exact) mass is 163 g/mol. The highest BCUT2D eigenvalue weighted by Crippen LogP contribution is 2.28. The number of nitrogens with zero attached hydrogens (tertiary/aromatic N) is 1. The fourth-order valence-electron chi connectivity index (χ4n) is 1.93. The Kier molecular flexibility index (Phi) is 1.56. The van der Waals surface area contributed by atoms with Crippen LogP contribution >= 0.6 is 0 Å². The van der Waals surface area contributed by atoms with Gasteiger partial charge in [0, 0.05) is 17.8 Å². The SMILES string of the molecule is C[C@H]1Cc2cccc(=O)n2[C@H]1C. The van der Waals surface area contributed by atoms with Crippen molar-refractivity contribution in [3.63, 3.8) is 0 Å². The molecule has 0 amide bonds. The molecule has 0 spiro atoms. The summed E-state index contributed by atoms with van der Waals surface area (Å²) in [5, 5.41) is 0. The summed E-state index contributed by atoms with van der Waals surface area (Å²) in [6, 6.07) is 5.90. The average Bonchev–Trinajstić information content (AvgIpc) is 2.29. The van der Waals surface area contributed by atoms with Crippen LogP contribution in [0, 0.1) is 5.92 Å². The van der Waals surface area contributed by atoms with Gasteiger partial charge < -0.3 is 4.57 Å². The minimum absolute atomic E-state index is 0.143. The summed E-state index contributed by atoms with van der Waals surface area (Å²) in [5.41, 5.74) is 1.33. The molecule has 0 aromatic carbocycles. The van der Waals surface area contributed by atoms with Gasteiger partial charge in [0.2, 0.25) is 0 Å². The third kappa shape index (κ3) is 0.909. The first-order valence-electron chi connectivity index (χ1n) is 4.40. The first-order valence-corrected chi connectivity index (χ1v) is 4.40. The number of pyridine rings is 1. The van der Waals surface area contributed by atoms with Gasteiger partial charge in [0.05, 0.1) is 0 Å². The maximum absolute atomic E-state index is 11.4. The van der Waals surface area contributed by atoms with Gasteiger partial charge in [0.15, 0.2) is 0 Å². The lowest BCUT2D eigenvalue weighted by Gasteiger charge is -2.11. The Morgan fingerprint density at radius 2 is 2.17 bits per heavy atom. The fraction of sp³-hybridized carbons (Fsp3) is 0.500. The molecule has 0 fully saturated rings. The van der Waals surface area contributed by atoms with E-state index in [0.717, 1.165) is 6.42 Å². The zero-order valence-corrected chi connectivity index (χ0v) is 7.45. The maximum Gasteiger partial charge on any atom is 0.250 e. The molecule has 1 aromatic heterocycles. The van der Waals surface area contributed by atoms with Crippen LogP contribution in [0.1, 0.15) is 25.6 Å². The Hall–Kier alpha value is -1.05. The van der Waals surface area contributed by atoms with Crippen LogP contribution in [-0.2, 0) is 6.42 Å². The van der Waals surface area contributed by atoms with E-state index in [1.54, 1.807) is 6.07 Å². The maximum atomic E-state index is 11.4. The lowest BCUT2D eigenvalue weighted by molar-refractivity contribution is 0.438. The Balaban J connectivity index is 2.62. The molecule has 1 aromatic rings. The van der Waals surface area contributed by atoms with Gasteiger partial charge in [-0.05, 0) is 25.3 Å². The molecule has 0 saturated carbocycles. The zero-order valence-electron chi connectivity index (χ0n) is 7.45. The Morgan fingerprint density at radius 1 is 1.42 bits per heavy atom. The summed E-state index contributed by atoms with van der Waals surface area (Å²) < 4.78 is 1.91. The molecule has 2 rings (SSSR count). The molecule has 2 atom stereocenters. The third-order valence-electron chi connectivity index (χ3n) is 2.84. The van der Waals surface area contributed by atoms with Gasteiger partial charge in [0.25, 0.3) is 5.56 Å². The van der Waals surface area contributed by atoms with Crippen molar-refractivity contribution in [2.75, 3.05) is 0 Å². The molecule has 0 unspecified atom stereocenters. The Bertz CT molecular complexity index is 353. The largest absolute Gasteiger partial charge is 0.310 e. The van der Waals surface area contributed by atoms with Gasteiger partial charge in [0.1, 0.15) is 0 Å². The Labute approximate surface area is 71.8 Å². The van der Waals surface area contributed by atoms with Crippen LogP contribution in [0.2, 0.25) is 0 Å². The van der Waals surface area contributed by atoms with E-state index in [9.17, 15) is 4.79 Å². The van der Waals surface area contributed by atoms with Crippen molar-refractivity contribution in [2.45, 2.75) is 26.3 Å². The van der Waals surface area contributed by atoms with Crippen LogP contribution in [0.4, 0.5) is 0 Å². The van der Waals surface area contributed by atoms with Crippen LogP contribution in [0.25, 0.3) is 0 Å². The minimum Gasteiger partial charge on any atom is -0.310 e. The quantitative estimate of drug-likeness (QED) is 0.569. The fourth-order valence-corrected chi connectivity index (χ4v) is 1.93. The summed E-state index contributed by atoms with van der Waals surface area (Å²) in [4.78, 5) is 11.4. The van der Waals surface area contributed by atoms with E-state index >= 15 is 0 Å². The lowest BCUT2D eigenvalue weighted by atomic mass is 10.0. The lowest BCUT2D eigenvalue weighted by Crippen LogP contribution is -2.21. The first kappa shape index (κ1) is 7.59. The van der Waals surface area contributed by atoms with Crippen molar-refractivity contribution < 1.29 is 0 Å². The second kappa shape index (κ2) is 2.47. The highest BCUT2D eigenvalue weighted by molar-refractivity contribution is 5.13. The zero-order chi connectivity index (χ0) is 8.72. The summed E-state index contributed by atoms with van der Waals surface area (Å²) >= 11 is 0. The summed E-state index contributed by atoms with van der Waals surface area (Å²) in [7, 11) is 0. The van der Waals surface area contributed by atoms with Crippen LogP contribution in [0.3, 0.4) is 0 Å². The van der Waals surface area contributed by atoms with Gasteiger partial charge >= 0.3 is 0 Å². The van der Waals surface area contributed by atoms with Crippen LogP contribution in [0.5, 0.6) is 0 Å². The second-order valence-electron chi connectivity index (χ2n) is 3.65. The highest BCUT2D eigenvalue weighted by atomic mass is 16.1. The molecule has 2 heteroatoms. The molecule has 0 aliphatic carbocycles. The van der Waals surface area contributed by atoms with Gasteiger partial charge in [-0.25, -0.2) is 0 Å². The van der Waals surface area contributed by atoms with Crippen LogP contribution < -0.4 is 5.56 Å². The predicted molar refractivity (Wildman–Crippen MR) is 48.3 cm³/mol. The molecule has 0 bridgehead atoms. The van der Waals surface area contributed by atoms with E-state index in [0.29, 0.717) is 12.0 Å². The third-order valence-corrected chi connectivity index (χ3v) is 2.84. The standard InChI is InChI=1S/C10H13NO/c1-7-6-9-4-3-5-10(12)11(9)8(7)2/h3-5,7-8H,6H2,1-2H3/t7-,8-/m0/s1. The number of rotatable bonds is 0. The summed E-state index contributed by atoms with van der Waals surface area (Å²) in [6.45, 7) is 4.31. The number of aromatic nitrogens is 1. The first-order chi connectivity index (χ1) is 5.70. The molecular formula is C10H13NO. The van der Waals surface area contributed by atoms with E-state index in [2.05, 4.69) is 13.8 Å². The average molecular weight is 163 g/mol. The molecule has 1 aliphatic rings. The number of fused-ring (bicyclic) bond motifs is 1. The number of hydrogen-bond acceptors (Lipinski definition) is 1. The topological polar surface area (TPSA) is 22.0 Å². The van der Waals surface area contributed by atoms with Crippen molar-refractivity contribution in [3.05, 3.63) is 34.2 Å². The molecule has 64 valence electrons. The predicted octanol–water partition coefficient (Wildman–Crippen LogP) is 1.60. The normalized spacial score (nSPS) is 27.2. The van der Waals surface area contributed by atoms with E-state index in [1.165, 1.54) is 5.69 Å². The summed E-state index contributed by atoms with van der Waals surface area (Å²) in [6.07, 6.45) is 1.04. The van der Waals surface area contributed by atoms with Crippen molar-refractivity contribution in [1.29, 1.82) is 0 Å². The molecule has 2 nitrogen and oxygen atoms in total. The highest BCUT2D eigenvalue weighted by Gasteiger charge is 2.25. The van der Waals surface area contributed by atoms with E-state index in [1.807, 2.05) is 16.7 Å². The van der Waals surface area contributed by atoms with Crippen LogP contribution in [-0.4, -0.2) is 4.57 Å². The number of hydrogen-bond donors (Lipinski definition) is 0. The molecule has 0 radical (unpaired) electrons. The van der Waals surface area contributed by atoms with Crippen molar-refractivity contribution in [3.8, 4) is 0 Å². The summed E-state index contributed by atoms with van der Waals surface area (Å²) in [5.74, 6) is 0.597. The van der Waals surface area contributed by atoms with Gasteiger partial charge in [-0.3, -0.25) is 4.79 Å². The van der Waals surface area contributed by atoms with Crippen LogP contribution in [0.15, 0.2) is 23.0 Å². The molecule has 0 N–H and O–H groups in total. The second-order valence-corrected chi connectivity index (χ2v) is 3.65. The molecule has 12 heavy (non-hydrogen) atoms. The molecule has 0 saturated heterocycles. The van der Waals surface area contributed by atoms with Crippen molar-refractivity contribution in [2.24, 2.45) is 5.92 Å². The molecule has 2 heterocycles. The van der Waals surface area contributed by atoms with E-state index in [-0.39, 0.29) is 5.56 Å². The van der Waals surface area contributed by atoms with Gasteiger partial charge in [-0.2, -0.15) is 0 Å². The minimum atomic E-state index is 0.143. The van der Waals surface area contributed by atoms with Gasteiger partial charge in [-0.1, -0.05) is 13.0 Å². The van der Waals surface area contributed by atoms with E-state index < -0.39 is 0 Å². The molecular weight excluding hydrogens is 150 g/mol. The smallest absolute Gasteiger partial charge is 0.250 e. The Morgan fingerprint density at radius 3 is 2.83 bits per heavy atom. The van der Waals surface area contributed by atoms with Gasteiger partial charge in [-0.15, -0.1) is 0 Å².